The Morgan fingerprint density at radius 3 is 2.67 bits per heavy atom. The Bertz CT molecular complexity index is 936. The monoisotopic (exact) mass is 368 g/mol. The van der Waals surface area contributed by atoms with E-state index in [1.807, 2.05) is 54.8 Å². The molecule has 0 saturated heterocycles. The van der Waals surface area contributed by atoms with Gasteiger partial charge in [-0.3, -0.25) is 9.20 Å². The predicted molar refractivity (Wildman–Crippen MR) is 102 cm³/mol. The van der Waals surface area contributed by atoms with E-state index in [1.165, 1.54) is 0 Å². The SMILES string of the molecule is COc1ccc(CC(=O)N[C@H](c2nnc3ccccn23)C(C)C)c(OC)c1. The van der Waals surface area contributed by atoms with Crippen molar-refractivity contribution < 1.29 is 14.3 Å². The van der Waals surface area contributed by atoms with Crippen molar-refractivity contribution in [1.29, 1.82) is 0 Å². The lowest BCUT2D eigenvalue weighted by atomic mass is 10.0. The van der Waals surface area contributed by atoms with E-state index in [1.54, 1.807) is 20.3 Å². The number of pyridine rings is 1. The molecule has 0 radical (unpaired) electrons. The number of nitrogens with zero attached hydrogens (tertiary/aromatic N) is 3. The van der Waals surface area contributed by atoms with Crippen LogP contribution in [0.15, 0.2) is 42.6 Å². The first-order chi connectivity index (χ1) is 13.0. The molecular formula is C20H24N4O3. The minimum Gasteiger partial charge on any atom is -0.497 e. The highest BCUT2D eigenvalue weighted by Gasteiger charge is 2.24. The summed E-state index contributed by atoms with van der Waals surface area (Å²) >= 11 is 0. The maximum atomic E-state index is 12.7. The van der Waals surface area contributed by atoms with Crippen molar-refractivity contribution >= 4 is 11.6 Å². The summed E-state index contributed by atoms with van der Waals surface area (Å²) in [4.78, 5) is 12.7. The fraction of sp³-hybridized carbons (Fsp3) is 0.350. The molecule has 1 atom stereocenters. The van der Waals surface area contributed by atoms with Gasteiger partial charge in [0, 0.05) is 17.8 Å². The van der Waals surface area contributed by atoms with Crippen LogP contribution in [0, 0.1) is 5.92 Å². The van der Waals surface area contributed by atoms with Gasteiger partial charge in [0.15, 0.2) is 11.5 Å². The van der Waals surface area contributed by atoms with E-state index in [9.17, 15) is 4.79 Å². The minimum atomic E-state index is -0.251. The molecule has 0 aliphatic carbocycles. The number of methoxy groups -OCH3 is 2. The van der Waals surface area contributed by atoms with E-state index in [0.717, 1.165) is 17.0 Å². The number of nitrogens with one attached hydrogen (secondary N) is 1. The molecule has 7 nitrogen and oxygen atoms in total. The Labute approximate surface area is 158 Å². The second-order valence-electron chi connectivity index (χ2n) is 6.63. The fourth-order valence-electron chi connectivity index (χ4n) is 3.00. The second kappa shape index (κ2) is 8.07. The first-order valence-corrected chi connectivity index (χ1v) is 8.83. The van der Waals surface area contributed by atoms with Crippen LogP contribution in [-0.4, -0.2) is 34.7 Å². The highest BCUT2D eigenvalue weighted by molar-refractivity contribution is 5.79. The van der Waals surface area contributed by atoms with Gasteiger partial charge in [0.25, 0.3) is 0 Å². The van der Waals surface area contributed by atoms with Gasteiger partial charge in [-0.2, -0.15) is 0 Å². The number of carbonyl (C=O) groups excluding carboxylic acids is 1. The summed E-state index contributed by atoms with van der Waals surface area (Å²) < 4.78 is 12.5. The lowest BCUT2D eigenvalue weighted by molar-refractivity contribution is -0.121. The number of ether oxygens (including phenoxy) is 2. The Morgan fingerprint density at radius 2 is 1.96 bits per heavy atom. The van der Waals surface area contributed by atoms with Crippen molar-refractivity contribution in [2.24, 2.45) is 5.92 Å². The molecular weight excluding hydrogens is 344 g/mol. The summed E-state index contributed by atoms with van der Waals surface area (Å²) in [6, 6.07) is 10.9. The van der Waals surface area contributed by atoms with Crippen molar-refractivity contribution in [3.63, 3.8) is 0 Å². The number of rotatable bonds is 7. The number of benzene rings is 1. The van der Waals surface area contributed by atoms with Gasteiger partial charge in [-0.05, 0) is 24.1 Å². The number of hydrogen-bond acceptors (Lipinski definition) is 5. The molecule has 0 fully saturated rings. The van der Waals surface area contributed by atoms with E-state index in [-0.39, 0.29) is 24.3 Å². The zero-order chi connectivity index (χ0) is 19.4. The van der Waals surface area contributed by atoms with Crippen LogP contribution in [-0.2, 0) is 11.2 Å². The third-order valence-corrected chi connectivity index (χ3v) is 4.45. The Morgan fingerprint density at radius 1 is 1.15 bits per heavy atom. The molecule has 0 aliphatic heterocycles. The molecule has 7 heteroatoms. The highest BCUT2D eigenvalue weighted by atomic mass is 16.5. The van der Waals surface area contributed by atoms with Gasteiger partial charge in [0.05, 0.1) is 26.7 Å². The van der Waals surface area contributed by atoms with Gasteiger partial charge in [0.2, 0.25) is 5.91 Å². The molecule has 0 bridgehead atoms. The second-order valence-corrected chi connectivity index (χ2v) is 6.63. The topological polar surface area (TPSA) is 77.8 Å². The van der Waals surface area contributed by atoms with Crippen molar-refractivity contribution in [2.45, 2.75) is 26.3 Å². The largest absolute Gasteiger partial charge is 0.497 e. The zero-order valence-electron chi connectivity index (χ0n) is 16.0. The van der Waals surface area contributed by atoms with Crippen LogP contribution in [0.4, 0.5) is 0 Å². The Kier molecular flexibility index (Phi) is 5.59. The van der Waals surface area contributed by atoms with Crippen LogP contribution < -0.4 is 14.8 Å². The van der Waals surface area contributed by atoms with Gasteiger partial charge >= 0.3 is 0 Å². The molecule has 0 saturated carbocycles. The van der Waals surface area contributed by atoms with E-state index < -0.39 is 0 Å². The first kappa shape index (κ1) is 18.7. The average molecular weight is 368 g/mol. The van der Waals surface area contributed by atoms with E-state index >= 15 is 0 Å². The standard InChI is InChI=1S/C20H24N4O3/c1-13(2)19(20-23-22-17-7-5-6-10-24(17)20)21-18(25)11-14-8-9-15(26-3)12-16(14)27-4/h5-10,12-13,19H,11H2,1-4H3,(H,21,25)/t19-/m0/s1. The average Bonchev–Trinajstić information content (AvgIpc) is 3.10. The smallest absolute Gasteiger partial charge is 0.225 e. The molecule has 142 valence electrons. The summed E-state index contributed by atoms with van der Waals surface area (Å²) in [5.41, 5.74) is 1.55. The van der Waals surface area contributed by atoms with E-state index in [4.69, 9.17) is 9.47 Å². The maximum absolute atomic E-state index is 12.7. The van der Waals surface area contributed by atoms with Crippen molar-refractivity contribution in [3.8, 4) is 11.5 Å². The predicted octanol–water partition coefficient (Wildman–Crippen LogP) is 2.80. The number of aromatic nitrogens is 3. The van der Waals surface area contributed by atoms with Crippen molar-refractivity contribution in [1.82, 2.24) is 19.9 Å². The van der Waals surface area contributed by atoms with Crippen molar-refractivity contribution in [2.75, 3.05) is 14.2 Å². The molecule has 0 unspecified atom stereocenters. The summed E-state index contributed by atoms with van der Waals surface area (Å²) in [7, 11) is 3.17. The molecule has 2 heterocycles. The number of hydrogen-bond donors (Lipinski definition) is 1. The Hall–Kier alpha value is -3.09. The van der Waals surface area contributed by atoms with Crippen LogP contribution >= 0.6 is 0 Å². The summed E-state index contributed by atoms with van der Waals surface area (Å²) in [5, 5.41) is 11.6. The lowest BCUT2D eigenvalue weighted by Crippen LogP contribution is -2.34. The minimum absolute atomic E-state index is 0.107. The van der Waals surface area contributed by atoms with E-state index in [0.29, 0.717) is 11.5 Å². The normalized spacial score (nSPS) is 12.2. The van der Waals surface area contributed by atoms with Gasteiger partial charge in [-0.25, -0.2) is 0 Å². The fourth-order valence-corrected chi connectivity index (χ4v) is 3.00. The van der Waals surface area contributed by atoms with Crippen LogP contribution in [0.25, 0.3) is 5.65 Å². The number of fused-ring (bicyclic) bond motifs is 1. The molecule has 1 amide bonds. The number of amides is 1. The van der Waals surface area contributed by atoms with Crippen molar-refractivity contribution in [3.05, 3.63) is 54.0 Å². The maximum Gasteiger partial charge on any atom is 0.225 e. The Balaban J connectivity index is 1.80. The first-order valence-electron chi connectivity index (χ1n) is 8.83. The molecule has 3 rings (SSSR count). The summed E-state index contributed by atoms with van der Waals surface area (Å²) in [6.07, 6.45) is 2.10. The molecule has 2 aromatic heterocycles. The molecule has 1 aromatic carbocycles. The zero-order valence-corrected chi connectivity index (χ0v) is 16.0. The van der Waals surface area contributed by atoms with E-state index in [2.05, 4.69) is 15.5 Å². The third kappa shape index (κ3) is 4.02. The van der Waals surface area contributed by atoms with Gasteiger partial charge in [0.1, 0.15) is 11.5 Å². The highest BCUT2D eigenvalue weighted by Crippen LogP contribution is 2.26. The molecule has 0 aliphatic rings. The van der Waals surface area contributed by atoms with Crippen LogP contribution in [0.1, 0.15) is 31.3 Å². The number of carbonyl (C=O) groups is 1. The summed E-state index contributed by atoms with van der Waals surface area (Å²) in [5.74, 6) is 2.07. The van der Waals surface area contributed by atoms with Gasteiger partial charge in [-0.1, -0.05) is 26.0 Å². The lowest BCUT2D eigenvalue weighted by Gasteiger charge is -2.21. The molecule has 1 N–H and O–H groups in total. The van der Waals surface area contributed by atoms with Crippen LogP contribution in [0.5, 0.6) is 11.5 Å². The molecule has 0 spiro atoms. The van der Waals surface area contributed by atoms with Gasteiger partial charge in [-0.15, -0.1) is 10.2 Å². The van der Waals surface area contributed by atoms with Gasteiger partial charge < -0.3 is 14.8 Å². The third-order valence-electron chi connectivity index (χ3n) is 4.45. The summed E-state index contributed by atoms with van der Waals surface area (Å²) in [6.45, 7) is 4.09. The molecule has 3 aromatic rings. The quantitative estimate of drug-likeness (QED) is 0.694. The van der Waals surface area contributed by atoms with Crippen LogP contribution in [0.3, 0.4) is 0 Å². The van der Waals surface area contributed by atoms with Crippen LogP contribution in [0.2, 0.25) is 0 Å². The molecule has 27 heavy (non-hydrogen) atoms.